The van der Waals surface area contributed by atoms with Gasteiger partial charge in [0.15, 0.2) is 0 Å². The first-order chi connectivity index (χ1) is 12.1. The van der Waals surface area contributed by atoms with E-state index in [2.05, 4.69) is 40.5 Å². The number of phosphoric acid groups is 1. The van der Waals surface area contributed by atoms with Crippen molar-refractivity contribution in [3.05, 3.63) is 0 Å². The lowest BCUT2D eigenvalue weighted by molar-refractivity contribution is -0.225. The zero-order chi connectivity index (χ0) is 20.3. The van der Waals surface area contributed by atoms with Crippen LogP contribution in [0.5, 0.6) is 0 Å². The zero-order valence-electron chi connectivity index (χ0n) is 18.4. The Balaban J connectivity index is 0. The second-order valence-corrected chi connectivity index (χ2v) is 15.1. The molecule has 0 atom stereocenters. The molecule has 0 aliphatic carbocycles. The largest absolute Gasteiger partial charge is 0.756 e. The monoisotopic (exact) mass is 412 g/mol. The Bertz CT molecular complexity index is 302. The molecular weight excluding hydrogens is 366 g/mol. The Labute approximate surface area is 164 Å². The summed E-state index contributed by atoms with van der Waals surface area (Å²) >= 11 is 0. The van der Waals surface area contributed by atoms with Gasteiger partial charge in [0.25, 0.3) is 7.82 Å². The lowest BCUT2D eigenvalue weighted by Crippen LogP contribution is -2.10. The lowest BCUT2D eigenvalue weighted by atomic mass is 10.1. The Kier molecular flexibility index (Phi) is 20.9. The minimum atomic E-state index is -4.07. The summed E-state index contributed by atoms with van der Waals surface area (Å²) < 4.78 is 21.2. The molecule has 4 nitrogen and oxygen atoms in total. The zero-order valence-corrected chi connectivity index (χ0v) is 20.2. The summed E-state index contributed by atoms with van der Waals surface area (Å²) in [6, 6.07) is 0. The van der Waals surface area contributed by atoms with Crippen LogP contribution in [-0.4, -0.2) is 39.9 Å². The molecule has 0 spiro atoms. The number of rotatable bonds is 16. The van der Waals surface area contributed by atoms with E-state index in [0.717, 1.165) is 38.5 Å². The molecule has 0 heterocycles. The van der Waals surface area contributed by atoms with E-state index < -0.39 is 7.82 Å². The average Bonchev–Trinajstić information content (AvgIpc) is 2.51. The third-order valence-electron chi connectivity index (χ3n) is 3.49. The third kappa shape index (κ3) is 32.2. The quantitative estimate of drug-likeness (QED) is 0.208. The first-order valence-corrected chi connectivity index (χ1v) is 15.5. The van der Waals surface area contributed by atoms with Gasteiger partial charge in [0.2, 0.25) is 0 Å². The highest BCUT2D eigenvalue weighted by molar-refractivity contribution is 7.73. The Morgan fingerprint density at radius 3 is 1.23 bits per heavy atom. The molecule has 0 amide bonds. The first-order valence-electron chi connectivity index (χ1n) is 10.5. The van der Waals surface area contributed by atoms with Crippen molar-refractivity contribution < 1.29 is 18.5 Å². The number of unbranched alkanes of at least 4 members (excludes halogenated alkanes) is 10. The molecule has 160 valence electrons. The van der Waals surface area contributed by atoms with E-state index in [9.17, 15) is 9.46 Å². The SMILES string of the molecule is CCCCCCCCOP(=O)([O-])OCCCCCCCC.C[P+](C)(C)C. The second-order valence-electron chi connectivity index (χ2n) is 8.33. The summed E-state index contributed by atoms with van der Waals surface area (Å²) in [6.45, 7) is 14.1. The fraction of sp³-hybridized carbons (Fsp3) is 1.00. The maximum Gasteiger partial charge on any atom is 0.267 e. The van der Waals surface area contributed by atoms with Crippen LogP contribution >= 0.6 is 15.1 Å². The van der Waals surface area contributed by atoms with Crippen molar-refractivity contribution in [2.75, 3.05) is 39.9 Å². The van der Waals surface area contributed by atoms with Crippen LogP contribution in [0.3, 0.4) is 0 Å². The molecule has 0 radical (unpaired) electrons. The van der Waals surface area contributed by atoms with Crippen molar-refractivity contribution in [2.24, 2.45) is 0 Å². The molecule has 0 unspecified atom stereocenters. The van der Waals surface area contributed by atoms with Crippen LogP contribution < -0.4 is 4.89 Å². The fourth-order valence-corrected chi connectivity index (χ4v) is 2.93. The second kappa shape index (κ2) is 18.9. The van der Waals surface area contributed by atoms with E-state index in [1.54, 1.807) is 0 Å². The number of hydrogen-bond donors (Lipinski definition) is 0. The van der Waals surface area contributed by atoms with Gasteiger partial charge in [-0.2, -0.15) is 0 Å². The van der Waals surface area contributed by atoms with Gasteiger partial charge in [0, 0.05) is 33.9 Å². The van der Waals surface area contributed by atoms with Gasteiger partial charge >= 0.3 is 0 Å². The number of hydrogen-bond acceptors (Lipinski definition) is 4. The van der Waals surface area contributed by atoms with Crippen molar-refractivity contribution in [3.63, 3.8) is 0 Å². The molecule has 0 aromatic heterocycles. The average molecular weight is 413 g/mol. The summed E-state index contributed by atoms with van der Waals surface area (Å²) in [4.78, 5) is 11.5. The maximum absolute atomic E-state index is 11.5. The van der Waals surface area contributed by atoms with Crippen molar-refractivity contribution in [1.29, 1.82) is 0 Å². The van der Waals surface area contributed by atoms with Gasteiger partial charge in [0.05, 0.1) is 13.2 Å². The summed E-state index contributed by atoms with van der Waals surface area (Å²) in [6.07, 6.45) is 13.3. The van der Waals surface area contributed by atoms with Crippen molar-refractivity contribution in [3.8, 4) is 0 Å². The third-order valence-corrected chi connectivity index (χ3v) is 4.49. The minimum Gasteiger partial charge on any atom is -0.756 e. The van der Waals surface area contributed by atoms with Gasteiger partial charge < -0.3 is 13.9 Å². The molecular formula is C20H46O4P2. The normalized spacial score (nSPS) is 12.0. The fourth-order valence-electron chi connectivity index (χ4n) is 2.15. The summed E-state index contributed by atoms with van der Waals surface area (Å²) in [5.74, 6) is 0. The van der Waals surface area contributed by atoms with Crippen LogP contribution in [0, 0.1) is 0 Å². The van der Waals surface area contributed by atoms with Crippen LogP contribution in [0.4, 0.5) is 0 Å². The van der Waals surface area contributed by atoms with E-state index in [-0.39, 0.29) is 20.5 Å². The molecule has 0 aromatic carbocycles. The Morgan fingerprint density at radius 2 is 0.923 bits per heavy atom. The van der Waals surface area contributed by atoms with Crippen molar-refractivity contribution >= 4 is 15.1 Å². The molecule has 0 fully saturated rings. The first kappa shape index (κ1) is 28.7. The van der Waals surface area contributed by atoms with Gasteiger partial charge in [0.1, 0.15) is 0 Å². The molecule has 0 N–H and O–H groups in total. The number of phosphoric ester groups is 1. The maximum atomic E-state index is 11.5. The van der Waals surface area contributed by atoms with Gasteiger partial charge in [-0.1, -0.05) is 78.1 Å². The highest BCUT2D eigenvalue weighted by Gasteiger charge is 2.08. The van der Waals surface area contributed by atoms with Gasteiger partial charge in [-0.25, -0.2) is 0 Å². The molecule has 26 heavy (non-hydrogen) atoms. The highest BCUT2D eigenvalue weighted by Crippen LogP contribution is 2.40. The smallest absolute Gasteiger partial charge is 0.267 e. The summed E-state index contributed by atoms with van der Waals surface area (Å²) in [7, 11) is -4.45. The molecule has 0 aliphatic heterocycles. The predicted molar refractivity (Wildman–Crippen MR) is 117 cm³/mol. The van der Waals surface area contributed by atoms with E-state index in [0.29, 0.717) is 0 Å². The van der Waals surface area contributed by atoms with E-state index in [4.69, 9.17) is 9.05 Å². The lowest BCUT2D eigenvalue weighted by Gasteiger charge is -2.22. The van der Waals surface area contributed by atoms with Gasteiger partial charge in [-0.15, -0.1) is 0 Å². The van der Waals surface area contributed by atoms with E-state index in [1.807, 2.05) is 0 Å². The molecule has 0 saturated carbocycles. The molecule has 0 aromatic rings. The highest BCUT2D eigenvalue weighted by atomic mass is 31.2. The van der Waals surface area contributed by atoms with Crippen LogP contribution in [-0.2, 0) is 13.6 Å². The molecule has 0 aliphatic rings. The Morgan fingerprint density at radius 1 is 0.654 bits per heavy atom. The van der Waals surface area contributed by atoms with Crippen LogP contribution in [0.25, 0.3) is 0 Å². The van der Waals surface area contributed by atoms with Crippen molar-refractivity contribution in [1.82, 2.24) is 0 Å². The predicted octanol–water partition coefficient (Wildman–Crippen LogP) is 6.73. The van der Waals surface area contributed by atoms with Crippen molar-refractivity contribution in [2.45, 2.75) is 90.9 Å². The van der Waals surface area contributed by atoms with E-state index in [1.165, 1.54) is 38.5 Å². The summed E-state index contributed by atoms with van der Waals surface area (Å²) in [5, 5.41) is 0. The van der Waals surface area contributed by atoms with Gasteiger partial charge in [-0.05, 0) is 12.8 Å². The van der Waals surface area contributed by atoms with Crippen LogP contribution in [0.1, 0.15) is 90.9 Å². The topological polar surface area (TPSA) is 58.6 Å². The van der Waals surface area contributed by atoms with Crippen LogP contribution in [0.15, 0.2) is 0 Å². The minimum absolute atomic E-state index is 0.253. The standard InChI is InChI=1S/C16H35O4P.C4H12P/c1-3-5-7-9-11-13-15-19-21(17,18)20-16-14-12-10-8-6-4-2;1-5(2,3)4/h3-16H2,1-2H3,(H,17,18);1-4H3/q;+1/p-1. The summed E-state index contributed by atoms with van der Waals surface area (Å²) in [5.41, 5.74) is 0. The van der Waals surface area contributed by atoms with Crippen LogP contribution in [0.2, 0.25) is 0 Å². The molecule has 0 saturated heterocycles. The van der Waals surface area contributed by atoms with E-state index >= 15 is 0 Å². The molecule has 0 rings (SSSR count). The van der Waals surface area contributed by atoms with Gasteiger partial charge in [-0.3, -0.25) is 4.57 Å². The molecule has 6 heteroatoms. The Hall–Kier alpha value is 0.540. The molecule has 0 bridgehead atoms.